The van der Waals surface area contributed by atoms with Crippen LogP contribution in [-0.2, 0) is 4.79 Å². The average molecular weight is 385 g/mol. The van der Waals surface area contributed by atoms with Crippen LogP contribution in [0.1, 0.15) is 20.3 Å². The normalized spacial score (nSPS) is 11.7. The first-order valence-corrected chi connectivity index (χ1v) is 8.89. The number of hydrogen-bond donors (Lipinski definition) is 1. The number of amides is 1. The van der Waals surface area contributed by atoms with Crippen molar-refractivity contribution in [3.05, 3.63) is 54.3 Å². The molecule has 146 valence electrons. The SMILES string of the molecule is CCOc1ccc(-c2nonc2NC(=O)[C@@H](CC)Oc2ccc(F)cc2)cc1. The third-order valence-electron chi connectivity index (χ3n) is 3.92. The molecule has 0 saturated carbocycles. The molecule has 1 heterocycles. The summed E-state index contributed by atoms with van der Waals surface area (Å²) in [5, 5.41) is 10.3. The van der Waals surface area contributed by atoms with Gasteiger partial charge in [-0.2, -0.15) is 0 Å². The predicted molar refractivity (Wildman–Crippen MR) is 101 cm³/mol. The van der Waals surface area contributed by atoms with E-state index in [1.54, 1.807) is 24.3 Å². The maximum absolute atomic E-state index is 13.0. The van der Waals surface area contributed by atoms with E-state index >= 15 is 0 Å². The van der Waals surface area contributed by atoms with Crippen LogP contribution in [0.3, 0.4) is 0 Å². The van der Waals surface area contributed by atoms with Gasteiger partial charge >= 0.3 is 0 Å². The highest BCUT2D eigenvalue weighted by molar-refractivity contribution is 5.96. The number of nitrogens with zero attached hydrogens (tertiary/aromatic N) is 2. The van der Waals surface area contributed by atoms with Crippen molar-refractivity contribution in [1.29, 1.82) is 0 Å². The van der Waals surface area contributed by atoms with Gasteiger partial charge in [-0.05, 0) is 72.2 Å². The summed E-state index contributed by atoms with van der Waals surface area (Å²) in [6, 6.07) is 12.7. The number of benzene rings is 2. The van der Waals surface area contributed by atoms with Crippen LogP contribution >= 0.6 is 0 Å². The third kappa shape index (κ3) is 4.64. The second kappa shape index (κ2) is 8.98. The summed E-state index contributed by atoms with van der Waals surface area (Å²) < 4.78 is 28.9. The maximum Gasteiger partial charge on any atom is 0.266 e. The Balaban J connectivity index is 1.71. The van der Waals surface area contributed by atoms with E-state index in [9.17, 15) is 9.18 Å². The first kappa shape index (κ1) is 19.3. The van der Waals surface area contributed by atoms with E-state index in [1.165, 1.54) is 24.3 Å². The van der Waals surface area contributed by atoms with Gasteiger partial charge in [0.2, 0.25) is 5.82 Å². The van der Waals surface area contributed by atoms with Gasteiger partial charge < -0.3 is 14.8 Å². The molecule has 1 atom stereocenters. The van der Waals surface area contributed by atoms with Crippen molar-refractivity contribution in [2.75, 3.05) is 11.9 Å². The molecule has 0 radical (unpaired) electrons. The summed E-state index contributed by atoms with van der Waals surface area (Å²) in [6.07, 6.45) is -0.372. The highest BCUT2D eigenvalue weighted by Gasteiger charge is 2.22. The Kier molecular flexibility index (Phi) is 6.21. The molecule has 7 nitrogen and oxygen atoms in total. The van der Waals surface area contributed by atoms with Gasteiger partial charge in [-0.1, -0.05) is 6.92 Å². The molecule has 0 aliphatic rings. The van der Waals surface area contributed by atoms with Gasteiger partial charge in [0.15, 0.2) is 11.8 Å². The Morgan fingerprint density at radius 1 is 1.07 bits per heavy atom. The minimum absolute atomic E-state index is 0.190. The molecule has 0 bridgehead atoms. The van der Waals surface area contributed by atoms with Crippen LogP contribution in [0.15, 0.2) is 53.2 Å². The third-order valence-corrected chi connectivity index (χ3v) is 3.92. The van der Waals surface area contributed by atoms with E-state index in [4.69, 9.17) is 14.1 Å². The van der Waals surface area contributed by atoms with Gasteiger partial charge in [-0.25, -0.2) is 9.02 Å². The molecule has 0 saturated heterocycles. The summed E-state index contributed by atoms with van der Waals surface area (Å²) in [7, 11) is 0. The lowest BCUT2D eigenvalue weighted by molar-refractivity contribution is -0.122. The average Bonchev–Trinajstić information content (AvgIpc) is 3.16. The Bertz CT molecular complexity index is 910. The summed E-state index contributed by atoms with van der Waals surface area (Å²) in [4.78, 5) is 12.6. The van der Waals surface area contributed by atoms with Crippen molar-refractivity contribution in [2.45, 2.75) is 26.4 Å². The van der Waals surface area contributed by atoms with E-state index < -0.39 is 12.0 Å². The number of nitrogens with one attached hydrogen (secondary N) is 1. The van der Waals surface area contributed by atoms with E-state index in [0.717, 1.165) is 5.75 Å². The van der Waals surface area contributed by atoms with Crippen molar-refractivity contribution in [3.8, 4) is 22.8 Å². The van der Waals surface area contributed by atoms with Crippen molar-refractivity contribution < 1.29 is 23.3 Å². The van der Waals surface area contributed by atoms with Gasteiger partial charge in [0.05, 0.1) is 6.61 Å². The maximum atomic E-state index is 13.0. The van der Waals surface area contributed by atoms with Crippen molar-refractivity contribution in [3.63, 3.8) is 0 Å². The van der Waals surface area contributed by atoms with Crippen LogP contribution in [0.4, 0.5) is 10.2 Å². The number of carbonyl (C=O) groups excluding carboxylic acids is 1. The van der Waals surface area contributed by atoms with E-state index in [1.807, 2.05) is 13.8 Å². The first-order chi connectivity index (χ1) is 13.6. The largest absolute Gasteiger partial charge is 0.494 e. The van der Waals surface area contributed by atoms with Crippen LogP contribution in [0.5, 0.6) is 11.5 Å². The van der Waals surface area contributed by atoms with Crippen LogP contribution < -0.4 is 14.8 Å². The Morgan fingerprint density at radius 3 is 2.39 bits per heavy atom. The monoisotopic (exact) mass is 385 g/mol. The van der Waals surface area contributed by atoms with Gasteiger partial charge in [0.1, 0.15) is 17.3 Å². The first-order valence-electron chi connectivity index (χ1n) is 8.89. The van der Waals surface area contributed by atoms with Crippen molar-refractivity contribution >= 4 is 11.7 Å². The molecular weight excluding hydrogens is 365 g/mol. The summed E-state index contributed by atoms with van der Waals surface area (Å²) in [5.41, 5.74) is 1.11. The minimum Gasteiger partial charge on any atom is -0.494 e. The minimum atomic E-state index is -0.782. The molecule has 1 amide bonds. The standard InChI is InChI=1S/C20H20FN3O4/c1-3-17(27-16-11-7-14(21)8-12-16)20(25)22-19-18(23-28-24-19)13-5-9-15(10-6-13)26-4-2/h5-12,17H,3-4H2,1-2H3,(H,22,24,25)/t17-/m1/s1. The Hall–Kier alpha value is -3.42. The zero-order chi connectivity index (χ0) is 19.9. The molecule has 0 fully saturated rings. The van der Waals surface area contributed by atoms with Gasteiger partial charge in [0, 0.05) is 5.56 Å². The molecular formula is C20H20FN3O4. The number of halogens is 1. The number of carbonyl (C=O) groups is 1. The molecule has 1 N–H and O–H groups in total. The van der Waals surface area contributed by atoms with Crippen LogP contribution in [0, 0.1) is 5.82 Å². The van der Waals surface area contributed by atoms with Crippen LogP contribution in [0.2, 0.25) is 0 Å². The topological polar surface area (TPSA) is 86.5 Å². The molecule has 0 aliphatic carbocycles. The zero-order valence-electron chi connectivity index (χ0n) is 15.5. The van der Waals surface area contributed by atoms with Gasteiger partial charge in [-0.15, -0.1) is 0 Å². The molecule has 8 heteroatoms. The predicted octanol–water partition coefficient (Wildman–Crippen LogP) is 4.07. The van der Waals surface area contributed by atoms with Crippen molar-refractivity contribution in [2.24, 2.45) is 0 Å². The quantitative estimate of drug-likeness (QED) is 0.629. The zero-order valence-corrected chi connectivity index (χ0v) is 15.5. The lowest BCUT2D eigenvalue weighted by atomic mass is 10.1. The Morgan fingerprint density at radius 2 is 1.75 bits per heavy atom. The molecule has 3 rings (SSSR count). The fourth-order valence-corrected chi connectivity index (χ4v) is 2.53. The van der Waals surface area contributed by atoms with E-state index in [2.05, 4.69) is 15.6 Å². The molecule has 0 unspecified atom stereocenters. The van der Waals surface area contributed by atoms with E-state index in [0.29, 0.717) is 30.0 Å². The van der Waals surface area contributed by atoms with Gasteiger partial charge in [0.25, 0.3) is 5.91 Å². The van der Waals surface area contributed by atoms with Crippen LogP contribution in [-0.4, -0.2) is 28.9 Å². The number of anilines is 1. The number of ether oxygens (including phenoxy) is 2. The Labute approximate surface area is 161 Å². The fourth-order valence-electron chi connectivity index (χ4n) is 2.53. The highest BCUT2D eigenvalue weighted by atomic mass is 19.1. The second-order valence-corrected chi connectivity index (χ2v) is 5.88. The summed E-state index contributed by atoms with van der Waals surface area (Å²) in [6.45, 7) is 4.28. The van der Waals surface area contributed by atoms with Crippen molar-refractivity contribution in [1.82, 2.24) is 10.3 Å². The summed E-state index contributed by atoms with van der Waals surface area (Å²) >= 11 is 0. The molecule has 0 aliphatic heterocycles. The number of aromatic nitrogens is 2. The van der Waals surface area contributed by atoms with E-state index in [-0.39, 0.29) is 11.6 Å². The molecule has 0 spiro atoms. The number of hydrogen-bond acceptors (Lipinski definition) is 6. The molecule has 28 heavy (non-hydrogen) atoms. The van der Waals surface area contributed by atoms with Crippen LogP contribution in [0.25, 0.3) is 11.3 Å². The summed E-state index contributed by atoms with van der Waals surface area (Å²) in [5.74, 6) is 0.531. The fraction of sp³-hybridized carbons (Fsp3) is 0.250. The molecule has 3 aromatic rings. The molecule has 1 aromatic heterocycles. The lowest BCUT2D eigenvalue weighted by Crippen LogP contribution is -2.32. The second-order valence-electron chi connectivity index (χ2n) is 5.88. The lowest BCUT2D eigenvalue weighted by Gasteiger charge is -2.16. The highest BCUT2D eigenvalue weighted by Crippen LogP contribution is 2.26. The smallest absolute Gasteiger partial charge is 0.266 e. The molecule has 2 aromatic carbocycles. The number of rotatable bonds is 8. The van der Waals surface area contributed by atoms with Gasteiger partial charge in [-0.3, -0.25) is 4.79 Å².